The average molecular weight is 505 g/mol. The second-order valence-corrected chi connectivity index (χ2v) is 8.90. The van der Waals surface area contributed by atoms with Gasteiger partial charge < -0.3 is 19.7 Å². The highest BCUT2D eigenvalue weighted by atomic mass is 35.5. The molecule has 6 nitrogen and oxygen atoms in total. The number of Topliss-reactive ketones (excluding diaryl/α,β-unsaturated/α-hetero) is 1. The Bertz CT molecular complexity index is 1510. The van der Waals surface area contributed by atoms with Gasteiger partial charge in [0, 0.05) is 34.2 Å². The largest absolute Gasteiger partial charge is 0.507 e. The molecule has 0 aliphatic carbocycles. The molecule has 1 fully saturated rings. The molecule has 0 unspecified atom stereocenters. The molecule has 1 saturated heterocycles. The Hall–Kier alpha value is -4.10. The molecule has 1 aromatic heterocycles. The number of nitrogens with zero attached hydrogens (tertiary/aromatic N) is 1. The Balaban J connectivity index is 1.56. The first-order chi connectivity index (χ1) is 17.4. The number of amides is 1. The number of aliphatic hydroxyl groups is 1. The molecular formula is C28H22ClFN2O4. The molecule has 3 aromatic carbocycles. The van der Waals surface area contributed by atoms with E-state index in [1.165, 1.54) is 29.2 Å². The normalized spacial score (nSPS) is 17.2. The first-order valence-corrected chi connectivity index (χ1v) is 11.7. The fourth-order valence-electron chi connectivity index (χ4n) is 4.63. The number of methoxy groups -OCH3 is 1. The lowest BCUT2D eigenvalue weighted by Crippen LogP contribution is -2.31. The number of ether oxygens (including phenoxy) is 1. The van der Waals surface area contributed by atoms with Gasteiger partial charge in [0.05, 0.1) is 18.7 Å². The molecule has 182 valence electrons. The van der Waals surface area contributed by atoms with Crippen molar-refractivity contribution < 1.29 is 23.8 Å². The first-order valence-electron chi connectivity index (χ1n) is 11.3. The van der Waals surface area contributed by atoms with Crippen molar-refractivity contribution in [1.29, 1.82) is 0 Å². The maximum Gasteiger partial charge on any atom is 0.295 e. The van der Waals surface area contributed by atoms with Crippen molar-refractivity contribution in [2.75, 3.05) is 13.7 Å². The van der Waals surface area contributed by atoms with Gasteiger partial charge in [0.25, 0.3) is 11.7 Å². The molecule has 2 heterocycles. The highest BCUT2D eigenvalue weighted by Gasteiger charge is 2.46. The van der Waals surface area contributed by atoms with Crippen LogP contribution in [0.1, 0.15) is 22.7 Å². The third kappa shape index (κ3) is 4.12. The van der Waals surface area contributed by atoms with Crippen LogP contribution in [0.5, 0.6) is 5.75 Å². The van der Waals surface area contributed by atoms with Crippen molar-refractivity contribution in [3.8, 4) is 5.75 Å². The Kier molecular flexibility index (Phi) is 6.24. The van der Waals surface area contributed by atoms with Crippen molar-refractivity contribution in [2.24, 2.45) is 0 Å². The summed E-state index contributed by atoms with van der Waals surface area (Å²) in [6.45, 7) is 0.199. The number of rotatable bonds is 6. The molecule has 1 amide bonds. The van der Waals surface area contributed by atoms with Gasteiger partial charge in [-0.3, -0.25) is 9.59 Å². The summed E-state index contributed by atoms with van der Waals surface area (Å²) in [7, 11) is 1.59. The van der Waals surface area contributed by atoms with Gasteiger partial charge in [-0.25, -0.2) is 4.39 Å². The van der Waals surface area contributed by atoms with E-state index in [0.717, 1.165) is 16.5 Å². The Morgan fingerprint density at radius 2 is 1.86 bits per heavy atom. The fourth-order valence-corrected chi connectivity index (χ4v) is 4.87. The lowest BCUT2D eigenvalue weighted by Gasteiger charge is -2.26. The highest BCUT2D eigenvalue weighted by molar-refractivity contribution is 6.47. The van der Waals surface area contributed by atoms with E-state index in [9.17, 15) is 19.1 Å². The number of aliphatic hydroxyl groups excluding tert-OH is 1. The number of hydrogen-bond donors (Lipinski definition) is 2. The first kappa shape index (κ1) is 23.6. The summed E-state index contributed by atoms with van der Waals surface area (Å²) in [4.78, 5) is 31.1. The molecule has 0 spiro atoms. The maximum atomic E-state index is 13.5. The van der Waals surface area contributed by atoms with Crippen LogP contribution in [0.2, 0.25) is 5.02 Å². The topological polar surface area (TPSA) is 82.6 Å². The number of carbonyl (C=O) groups excluding carboxylic acids is 2. The number of aromatic nitrogens is 1. The molecule has 0 bridgehead atoms. The van der Waals surface area contributed by atoms with Crippen molar-refractivity contribution in [2.45, 2.75) is 12.5 Å². The molecular weight excluding hydrogens is 483 g/mol. The van der Waals surface area contributed by atoms with Gasteiger partial charge in [0.1, 0.15) is 17.3 Å². The highest BCUT2D eigenvalue weighted by Crippen LogP contribution is 2.42. The van der Waals surface area contributed by atoms with Crippen molar-refractivity contribution >= 4 is 40.0 Å². The Morgan fingerprint density at radius 3 is 2.58 bits per heavy atom. The van der Waals surface area contributed by atoms with Crippen LogP contribution < -0.4 is 4.74 Å². The van der Waals surface area contributed by atoms with Gasteiger partial charge in [0.2, 0.25) is 0 Å². The van der Waals surface area contributed by atoms with E-state index < -0.39 is 23.5 Å². The van der Waals surface area contributed by atoms with E-state index in [-0.39, 0.29) is 23.4 Å². The predicted octanol–water partition coefficient (Wildman–Crippen LogP) is 5.63. The van der Waals surface area contributed by atoms with Crippen LogP contribution in [0.3, 0.4) is 0 Å². The smallest absolute Gasteiger partial charge is 0.295 e. The monoisotopic (exact) mass is 504 g/mol. The molecule has 0 saturated carbocycles. The van der Waals surface area contributed by atoms with Crippen LogP contribution in [0, 0.1) is 5.82 Å². The SMILES string of the molecule is COc1ccc2[nH]cc(CCN3C(=O)C(=O)C(=C(O)c4ccc(F)cc4)[C@@H]3c3ccccc3Cl)c2c1. The lowest BCUT2D eigenvalue weighted by molar-refractivity contribution is -0.139. The average Bonchev–Trinajstić information content (AvgIpc) is 3.40. The molecule has 8 heteroatoms. The van der Waals surface area contributed by atoms with Crippen molar-refractivity contribution in [3.05, 3.63) is 106 Å². The molecule has 2 N–H and O–H groups in total. The van der Waals surface area contributed by atoms with E-state index in [1.807, 2.05) is 24.4 Å². The summed E-state index contributed by atoms with van der Waals surface area (Å²) in [6, 6.07) is 16.8. The van der Waals surface area contributed by atoms with Gasteiger partial charge in [-0.15, -0.1) is 0 Å². The van der Waals surface area contributed by atoms with E-state index in [4.69, 9.17) is 16.3 Å². The molecule has 36 heavy (non-hydrogen) atoms. The number of likely N-dealkylation sites (tertiary alicyclic amines) is 1. The minimum atomic E-state index is -0.900. The number of hydrogen-bond acceptors (Lipinski definition) is 4. The third-order valence-electron chi connectivity index (χ3n) is 6.45. The minimum absolute atomic E-state index is 0.0831. The zero-order valence-corrected chi connectivity index (χ0v) is 20.1. The van der Waals surface area contributed by atoms with E-state index in [2.05, 4.69) is 4.98 Å². The molecule has 0 radical (unpaired) electrons. The number of ketones is 1. The Labute approximate surface area is 211 Å². The van der Waals surface area contributed by atoms with E-state index in [0.29, 0.717) is 22.8 Å². The standard InChI is InChI=1S/C28H22ClFN2O4/c1-36-19-10-11-23-21(14-19)17(15-31-23)12-13-32-25(20-4-2-3-5-22(20)29)24(27(34)28(32)35)26(33)16-6-8-18(30)9-7-16/h2-11,14-15,25,31,33H,12-13H2,1H3/t25-/m0/s1. The quantitative estimate of drug-likeness (QED) is 0.202. The van der Waals surface area contributed by atoms with E-state index in [1.54, 1.807) is 31.4 Å². The summed E-state index contributed by atoms with van der Waals surface area (Å²) in [5.41, 5.74) is 2.53. The second-order valence-electron chi connectivity index (χ2n) is 8.50. The summed E-state index contributed by atoms with van der Waals surface area (Å²) in [5.74, 6) is -1.70. The zero-order chi connectivity index (χ0) is 25.4. The number of aromatic amines is 1. The number of nitrogens with one attached hydrogen (secondary N) is 1. The molecule has 5 rings (SSSR count). The number of halogens is 2. The van der Waals surface area contributed by atoms with Gasteiger partial charge in [0.15, 0.2) is 0 Å². The van der Waals surface area contributed by atoms with Crippen molar-refractivity contribution in [3.63, 3.8) is 0 Å². The second kappa shape index (κ2) is 9.51. The predicted molar refractivity (Wildman–Crippen MR) is 135 cm³/mol. The number of H-pyrrole nitrogens is 1. The third-order valence-corrected chi connectivity index (χ3v) is 6.80. The van der Waals surface area contributed by atoms with Gasteiger partial charge in [-0.2, -0.15) is 0 Å². The molecule has 1 aliphatic heterocycles. The van der Waals surface area contributed by atoms with Crippen LogP contribution in [-0.2, 0) is 16.0 Å². The van der Waals surface area contributed by atoms with Gasteiger partial charge in [-0.1, -0.05) is 29.8 Å². The van der Waals surface area contributed by atoms with Crippen LogP contribution in [0.25, 0.3) is 16.7 Å². The van der Waals surface area contributed by atoms with Crippen LogP contribution >= 0.6 is 11.6 Å². The Morgan fingerprint density at radius 1 is 1.11 bits per heavy atom. The summed E-state index contributed by atoms with van der Waals surface area (Å²) < 4.78 is 18.8. The van der Waals surface area contributed by atoms with Crippen LogP contribution in [0.15, 0.2) is 78.5 Å². The number of fused-ring (bicyclic) bond motifs is 1. The fraction of sp³-hybridized carbons (Fsp3) is 0.143. The van der Waals surface area contributed by atoms with Gasteiger partial charge in [-0.05, 0) is 66.1 Å². The number of benzene rings is 3. The summed E-state index contributed by atoms with van der Waals surface area (Å²) in [6.07, 6.45) is 2.31. The lowest BCUT2D eigenvalue weighted by atomic mass is 9.95. The maximum absolute atomic E-state index is 13.5. The number of carbonyl (C=O) groups is 2. The zero-order valence-electron chi connectivity index (χ0n) is 19.3. The minimum Gasteiger partial charge on any atom is -0.507 e. The molecule has 1 aliphatic rings. The molecule has 1 atom stereocenters. The van der Waals surface area contributed by atoms with E-state index >= 15 is 0 Å². The van der Waals surface area contributed by atoms with Crippen LogP contribution in [-0.4, -0.2) is 40.3 Å². The van der Waals surface area contributed by atoms with Crippen LogP contribution in [0.4, 0.5) is 4.39 Å². The van der Waals surface area contributed by atoms with Crippen molar-refractivity contribution in [1.82, 2.24) is 9.88 Å². The summed E-state index contributed by atoms with van der Waals surface area (Å²) in [5, 5.41) is 12.4. The van der Waals surface area contributed by atoms with Gasteiger partial charge >= 0.3 is 0 Å². The summed E-state index contributed by atoms with van der Waals surface area (Å²) >= 11 is 6.49. The molecule has 4 aromatic rings.